The SMILES string of the molecule is Cc1nn(C)cc1S(=O)(=O)Cl. The van der Waals surface area contributed by atoms with Crippen LogP contribution >= 0.6 is 10.7 Å². The van der Waals surface area contributed by atoms with Crippen molar-refractivity contribution in [1.82, 2.24) is 9.78 Å². The van der Waals surface area contributed by atoms with Crippen LogP contribution in [0.1, 0.15) is 5.69 Å². The van der Waals surface area contributed by atoms with Crippen LogP contribution in [0.5, 0.6) is 0 Å². The molecule has 0 saturated heterocycles. The van der Waals surface area contributed by atoms with Gasteiger partial charge in [0.15, 0.2) is 0 Å². The first-order valence-electron chi connectivity index (χ1n) is 2.86. The number of aryl methyl sites for hydroxylation is 2. The fraction of sp³-hybridized carbons (Fsp3) is 0.400. The Balaban J connectivity index is 3.36. The van der Waals surface area contributed by atoms with Gasteiger partial charge in [-0.3, -0.25) is 4.68 Å². The molecule has 0 aliphatic rings. The third kappa shape index (κ3) is 1.72. The van der Waals surface area contributed by atoms with Crippen LogP contribution in [0.3, 0.4) is 0 Å². The molecule has 6 heteroatoms. The fourth-order valence-corrected chi connectivity index (χ4v) is 1.94. The summed E-state index contributed by atoms with van der Waals surface area (Å²) in [6.07, 6.45) is 1.37. The van der Waals surface area contributed by atoms with Gasteiger partial charge >= 0.3 is 0 Å². The summed E-state index contributed by atoms with van der Waals surface area (Å²) in [6, 6.07) is 0. The Kier molecular flexibility index (Phi) is 1.94. The number of rotatable bonds is 1. The second kappa shape index (κ2) is 2.49. The van der Waals surface area contributed by atoms with Crippen molar-refractivity contribution in [3.63, 3.8) is 0 Å². The normalized spacial score (nSPS) is 11.9. The van der Waals surface area contributed by atoms with E-state index in [0.717, 1.165) is 0 Å². The van der Waals surface area contributed by atoms with Crippen molar-refractivity contribution < 1.29 is 8.42 Å². The number of nitrogens with zero attached hydrogens (tertiary/aromatic N) is 2. The molecule has 1 aromatic rings. The van der Waals surface area contributed by atoms with Crippen molar-refractivity contribution in [2.24, 2.45) is 7.05 Å². The smallest absolute Gasteiger partial charge is 0.264 e. The van der Waals surface area contributed by atoms with Crippen LogP contribution in [-0.4, -0.2) is 18.2 Å². The molecule has 0 unspecified atom stereocenters. The minimum atomic E-state index is -3.62. The molecule has 0 N–H and O–H groups in total. The van der Waals surface area contributed by atoms with Gasteiger partial charge in [-0.1, -0.05) is 0 Å². The van der Waals surface area contributed by atoms with Gasteiger partial charge in [0.1, 0.15) is 4.90 Å². The second-order valence-electron chi connectivity index (χ2n) is 2.19. The highest BCUT2D eigenvalue weighted by Crippen LogP contribution is 2.16. The molecule has 1 rings (SSSR count). The summed E-state index contributed by atoms with van der Waals surface area (Å²) in [5.74, 6) is 0. The van der Waals surface area contributed by atoms with Gasteiger partial charge in [-0.05, 0) is 6.92 Å². The Bertz CT molecular complexity index is 368. The number of aromatic nitrogens is 2. The molecule has 1 aromatic heterocycles. The van der Waals surface area contributed by atoms with E-state index >= 15 is 0 Å². The Morgan fingerprint density at radius 2 is 2.18 bits per heavy atom. The average molecular weight is 195 g/mol. The zero-order valence-corrected chi connectivity index (χ0v) is 7.65. The van der Waals surface area contributed by atoms with E-state index in [2.05, 4.69) is 5.10 Å². The zero-order valence-electron chi connectivity index (χ0n) is 6.07. The third-order valence-electron chi connectivity index (χ3n) is 1.23. The van der Waals surface area contributed by atoms with E-state index in [9.17, 15) is 8.42 Å². The van der Waals surface area contributed by atoms with Gasteiger partial charge in [-0.2, -0.15) is 5.10 Å². The van der Waals surface area contributed by atoms with Crippen LogP contribution in [0, 0.1) is 6.92 Å². The largest absolute Gasteiger partial charge is 0.274 e. The molecule has 0 radical (unpaired) electrons. The van der Waals surface area contributed by atoms with Crippen molar-refractivity contribution in [1.29, 1.82) is 0 Å². The van der Waals surface area contributed by atoms with Gasteiger partial charge in [-0.25, -0.2) is 8.42 Å². The van der Waals surface area contributed by atoms with Crippen molar-refractivity contribution in [2.75, 3.05) is 0 Å². The summed E-state index contributed by atoms with van der Waals surface area (Å²) in [4.78, 5) is 0.0710. The topological polar surface area (TPSA) is 52.0 Å². The maximum atomic E-state index is 10.8. The minimum absolute atomic E-state index is 0.0710. The number of hydrogen-bond donors (Lipinski definition) is 0. The average Bonchev–Trinajstić information content (AvgIpc) is 2.08. The lowest BCUT2D eigenvalue weighted by Crippen LogP contribution is -1.89. The van der Waals surface area contributed by atoms with Crippen LogP contribution in [-0.2, 0) is 16.1 Å². The van der Waals surface area contributed by atoms with Gasteiger partial charge < -0.3 is 0 Å². The third-order valence-corrected chi connectivity index (χ3v) is 2.66. The first-order valence-corrected chi connectivity index (χ1v) is 5.17. The Labute approximate surface area is 69.2 Å². The Morgan fingerprint density at radius 1 is 1.64 bits per heavy atom. The minimum Gasteiger partial charge on any atom is -0.274 e. The van der Waals surface area contributed by atoms with E-state index < -0.39 is 9.05 Å². The molecule has 4 nitrogen and oxygen atoms in total. The van der Waals surface area contributed by atoms with Crippen LogP contribution in [0.25, 0.3) is 0 Å². The quantitative estimate of drug-likeness (QED) is 0.617. The van der Waals surface area contributed by atoms with E-state index in [0.29, 0.717) is 5.69 Å². The molecule has 0 aliphatic carbocycles. The summed E-state index contributed by atoms with van der Waals surface area (Å²) in [6.45, 7) is 1.59. The Morgan fingerprint density at radius 3 is 2.36 bits per heavy atom. The summed E-state index contributed by atoms with van der Waals surface area (Å²) >= 11 is 0. The maximum Gasteiger partial charge on any atom is 0.264 e. The zero-order chi connectivity index (χ0) is 8.65. The van der Waals surface area contributed by atoms with Gasteiger partial charge in [0.25, 0.3) is 9.05 Å². The lowest BCUT2D eigenvalue weighted by molar-refractivity contribution is 0.609. The fourth-order valence-electron chi connectivity index (χ4n) is 0.817. The molecular formula is C5H7ClN2O2S. The summed E-state index contributed by atoms with van der Waals surface area (Å²) in [5.41, 5.74) is 0.419. The predicted molar refractivity (Wildman–Crippen MR) is 41.0 cm³/mol. The first kappa shape index (κ1) is 8.55. The van der Waals surface area contributed by atoms with Crippen LogP contribution < -0.4 is 0 Å². The van der Waals surface area contributed by atoms with Crippen LogP contribution in [0.4, 0.5) is 0 Å². The molecule has 62 valence electrons. The van der Waals surface area contributed by atoms with Gasteiger partial charge in [0, 0.05) is 23.9 Å². The molecule has 0 saturated carbocycles. The molecule has 0 aliphatic heterocycles. The maximum absolute atomic E-state index is 10.8. The lowest BCUT2D eigenvalue weighted by atomic mass is 10.5. The lowest BCUT2D eigenvalue weighted by Gasteiger charge is -1.87. The van der Waals surface area contributed by atoms with E-state index in [1.165, 1.54) is 10.9 Å². The van der Waals surface area contributed by atoms with Crippen molar-refractivity contribution in [3.05, 3.63) is 11.9 Å². The molecule has 0 spiro atoms. The highest BCUT2D eigenvalue weighted by molar-refractivity contribution is 8.13. The molecule has 0 amide bonds. The predicted octanol–water partition coefficient (Wildman–Crippen LogP) is 0.656. The highest BCUT2D eigenvalue weighted by atomic mass is 35.7. The van der Waals surface area contributed by atoms with Crippen molar-refractivity contribution in [3.8, 4) is 0 Å². The first-order chi connectivity index (χ1) is 4.91. The molecule has 0 aromatic carbocycles. The van der Waals surface area contributed by atoms with Crippen LogP contribution in [0.2, 0.25) is 0 Å². The summed E-state index contributed by atoms with van der Waals surface area (Å²) in [7, 11) is 3.11. The van der Waals surface area contributed by atoms with E-state index in [1.54, 1.807) is 14.0 Å². The van der Waals surface area contributed by atoms with E-state index in [-0.39, 0.29) is 4.90 Å². The van der Waals surface area contributed by atoms with Crippen molar-refractivity contribution in [2.45, 2.75) is 11.8 Å². The van der Waals surface area contributed by atoms with Gasteiger partial charge in [0.2, 0.25) is 0 Å². The summed E-state index contributed by atoms with van der Waals surface area (Å²) < 4.78 is 23.0. The number of hydrogen-bond acceptors (Lipinski definition) is 3. The molecule has 0 fully saturated rings. The standard InChI is InChI=1S/C5H7ClN2O2S/c1-4-5(11(6,9)10)3-8(2)7-4/h3H,1-2H3. The molecule has 11 heavy (non-hydrogen) atoms. The monoisotopic (exact) mass is 194 g/mol. The number of halogens is 1. The highest BCUT2D eigenvalue weighted by Gasteiger charge is 2.15. The van der Waals surface area contributed by atoms with Crippen molar-refractivity contribution >= 4 is 19.7 Å². The molecular weight excluding hydrogens is 188 g/mol. The summed E-state index contributed by atoms with van der Waals surface area (Å²) in [5, 5.41) is 3.83. The van der Waals surface area contributed by atoms with E-state index in [1.807, 2.05) is 0 Å². The van der Waals surface area contributed by atoms with Crippen LogP contribution in [0.15, 0.2) is 11.1 Å². The Hall–Kier alpha value is -0.550. The molecule has 1 heterocycles. The van der Waals surface area contributed by atoms with Gasteiger partial charge in [0.05, 0.1) is 5.69 Å². The van der Waals surface area contributed by atoms with Gasteiger partial charge in [-0.15, -0.1) is 0 Å². The molecule has 0 bridgehead atoms. The molecule has 0 atom stereocenters. The van der Waals surface area contributed by atoms with E-state index in [4.69, 9.17) is 10.7 Å². The second-order valence-corrected chi connectivity index (χ2v) is 4.72.